The zero-order valence-electron chi connectivity index (χ0n) is 14.3. The van der Waals surface area contributed by atoms with Gasteiger partial charge in [-0.1, -0.05) is 25.0 Å². The van der Waals surface area contributed by atoms with Crippen LogP contribution in [0, 0.1) is 5.92 Å². The molecule has 5 heteroatoms. The highest BCUT2D eigenvalue weighted by Gasteiger charge is 2.37. The molecule has 1 heterocycles. The van der Waals surface area contributed by atoms with Gasteiger partial charge in [0, 0.05) is 25.2 Å². The molecule has 2 fully saturated rings. The van der Waals surface area contributed by atoms with Crippen molar-refractivity contribution in [2.45, 2.75) is 57.5 Å². The van der Waals surface area contributed by atoms with Crippen molar-refractivity contribution in [1.82, 2.24) is 10.6 Å². The molecule has 130 valence electrons. The molecule has 0 aromatic heterocycles. The Balaban J connectivity index is 1.41. The standard InChI is InChI=1S/C19H27N3O2/c1-13(23)21-16-8-6-14(7-9-16)10-11-20-19(24)18-12-15-4-2-3-5-17(15)22-18/h6-9,15,17-18,22H,2-5,10-12H2,1H3,(H,20,24)(H,21,23). The summed E-state index contributed by atoms with van der Waals surface area (Å²) >= 11 is 0. The number of fused-ring (bicyclic) bond motifs is 1. The predicted molar refractivity (Wildman–Crippen MR) is 94.7 cm³/mol. The average molecular weight is 329 g/mol. The van der Waals surface area contributed by atoms with Gasteiger partial charge in [0.2, 0.25) is 11.8 Å². The topological polar surface area (TPSA) is 70.2 Å². The number of nitrogens with one attached hydrogen (secondary N) is 3. The Bertz CT molecular complexity index is 571. The largest absolute Gasteiger partial charge is 0.354 e. The van der Waals surface area contributed by atoms with Crippen molar-refractivity contribution in [1.29, 1.82) is 0 Å². The highest BCUT2D eigenvalue weighted by molar-refractivity contribution is 5.88. The predicted octanol–water partition coefficient (Wildman–Crippen LogP) is 2.22. The van der Waals surface area contributed by atoms with Crippen LogP contribution in [0.15, 0.2) is 24.3 Å². The van der Waals surface area contributed by atoms with Crippen molar-refractivity contribution < 1.29 is 9.59 Å². The number of anilines is 1. The second kappa shape index (κ2) is 7.79. The average Bonchev–Trinajstić information content (AvgIpc) is 3.00. The van der Waals surface area contributed by atoms with Crippen LogP contribution in [0.4, 0.5) is 5.69 Å². The van der Waals surface area contributed by atoms with Crippen molar-refractivity contribution >= 4 is 17.5 Å². The molecule has 2 aliphatic rings. The van der Waals surface area contributed by atoms with Gasteiger partial charge < -0.3 is 16.0 Å². The zero-order valence-corrected chi connectivity index (χ0v) is 14.3. The molecule has 1 saturated heterocycles. The lowest BCUT2D eigenvalue weighted by Crippen LogP contribution is -2.43. The van der Waals surface area contributed by atoms with Gasteiger partial charge in [0.25, 0.3) is 0 Å². The normalized spacial score (nSPS) is 25.8. The van der Waals surface area contributed by atoms with E-state index in [0.29, 0.717) is 18.5 Å². The third-order valence-electron chi connectivity index (χ3n) is 5.17. The molecule has 0 bridgehead atoms. The lowest BCUT2D eigenvalue weighted by atomic mass is 9.85. The van der Waals surface area contributed by atoms with E-state index >= 15 is 0 Å². The number of amides is 2. The van der Waals surface area contributed by atoms with E-state index in [1.807, 2.05) is 24.3 Å². The summed E-state index contributed by atoms with van der Waals surface area (Å²) in [6.07, 6.45) is 6.87. The van der Waals surface area contributed by atoms with Crippen LogP contribution in [0.25, 0.3) is 0 Å². The molecule has 2 amide bonds. The van der Waals surface area contributed by atoms with Gasteiger partial charge in [-0.05, 0) is 49.3 Å². The first-order valence-electron chi connectivity index (χ1n) is 9.02. The van der Waals surface area contributed by atoms with Crippen LogP contribution >= 0.6 is 0 Å². The number of hydrogen-bond donors (Lipinski definition) is 3. The quantitative estimate of drug-likeness (QED) is 0.776. The van der Waals surface area contributed by atoms with Gasteiger partial charge in [-0.25, -0.2) is 0 Å². The SMILES string of the molecule is CC(=O)Nc1ccc(CCNC(=O)C2CC3CCCCC3N2)cc1. The molecule has 3 atom stereocenters. The second-order valence-corrected chi connectivity index (χ2v) is 7.03. The van der Waals surface area contributed by atoms with Crippen LogP contribution in [0.1, 0.15) is 44.6 Å². The minimum Gasteiger partial charge on any atom is -0.354 e. The summed E-state index contributed by atoms with van der Waals surface area (Å²) < 4.78 is 0. The minimum absolute atomic E-state index is 0.0137. The Morgan fingerprint density at radius 3 is 2.62 bits per heavy atom. The van der Waals surface area contributed by atoms with Gasteiger partial charge >= 0.3 is 0 Å². The molecule has 3 rings (SSSR count). The number of carbonyl (C=O) groups excluding carboxylic acids is 2. The maximum Gasteiger partial charge on any atom is 0.237 e. The molecule has 0 radical (unpaired) electrons. The smallest absolute Gasteiger partial charge is 0.237 e. The van der Waals surface area contributed by atoms with Crippen molar-refractivity contribution in [2.24, 2.45) is 5.92 Å². The lowest BCUT2D eigenvalue weighted by molar-refractivity contribution is -0.122. The van der Waals surface area contributed by atoms with Crippen LogP contribution in [0.3, 0.4) is 0 Å². The highest BCUT2D eigenvalue weighted by Crippen LogP contribution is 2.33. The Morgan fingerprint density at radius 1 is 1.17 bits per heavy atom. The van der Waals surface area contributed by atoms with Gasteiger partial charge in [0.15, 0.2) is 0 Å². The number of carbonyl (C=O) groups is 2. The molecular weight excluding hydrogens is 302 g/mol. The molecule has 3 N–H and O–H groups in total. The van der Waals surface area contributed by atoms with Crippen LogP contribution in [-0.4, -0.2) is 30.4 Å². The van der Waals surface area contributed by atoms with Crippen molar-refractivity contribution in [3.63, 3.8) is 0 Å². The fraction of sp³-hybridized carbons (Fsp3) is 0.579. The van der Waals surface area contributed by atoms with E-state index in [9.17, 15) is 9.59 Å². The fourth-order valence-corrected chi connectivity index (χ4v) is 3.93. The molecule has 5 nitrogen and oxygen atoms in total. The van der Waals surface area contributed by atoms with Crippen molar-refractivity contribution in [3.8, 4) is 0 Å². The molecule has 24 heavy (non-hydrogen) atoms. The fourth-order valence-electron chi connectivity index (χ4n) is 3.93. The second-order valence-electron chi connectivity index (χ2n) is 7.03. The Labute approximate surface area is 143 Å². The minimum atomic E-state index is -0.0698. The van der Waals surface area contributed by atoms with Gasteiger partial charge in [-0.2, -0.15) is 0 Å². The maximum absolute atomic E-state index is 12.3. The Morgan fingerprint density at radius 2 is 1.92 bits per heavy atom. The van der Waals surface area contributed by atoms with Gasteiger partial charge in [0.1, 0.15) is 0 Å². The van der Waals surface area contributed by atoms with E-state index in [2.05, 4.69) is 16.0 Å². The van der Waals surface area contributed by atoms with Gasteiger partial charge in [-0.3, -0.25) is 9.59 Å². The zero-order chi connectivity index (χ0) is 16.9. The van der Waals surface area contributed by atoms with E-state index in [1.165, 1.54) is 32.6 Å². The van der Waals surface area contributed by atoms with E-state index in [0.717, 1.165) is 24.1 Å². The number of hydrogen-bond acceptors (Lipinski definition) is 3. The highest BCUT2D eigenvalue weighted by atomic mass is 16.2. The molecule has 1 aromatic carbocycles. The lowest BCUT2D eigenvalue weighted by Gasteiger charge is -2.24. The van der Waals surface area contributed by atoms with Crippen molar-refractivity contribution in [2.75, 3.05) is 11.9 Å². The van der Waals surface area contributed by atoms with E-state index in [4.69, 9.17) is 0 Å². The van der Waals surface area contributed by atoms with E-state index in [1.54, 1.807) is 0 Å². The summed E-state index contributed by atoms with van der Waals surface area (Å²) in [7, 11) is 0. The summed E-state index contributed by atoms with van der Waals surface area (Å²) in [5.41, 5.74) is 1.95. The number of benzene rings is 1. The van der Waals surface area contributed by atoms with E-state index < -0.39 is 0 Å². The Hall–Kier alpha value is -1.88. The molecule has 3 unspecified atom stereocenters. The Kier molecular flexibility index (Phi) is 5.51. The molecule has 1 saturated carbocycles. The molecule has 1 aromatic rings. The summed E-state index contributed by atoms with van der Waals surface area (Å²) in [4.78, 5) is 23.3. The molecular formula is C19H27N3O2. The van der Waals surface area contributed by atoms with Crippen LogP contribution in [0.5, 0.6) is 0 Å². The van der Waals surface area contributed by atoms with Crippen LogP contribution in [-0.2, 0) is 16.0 Å². The number of rotatable bonds is 5. The first-order chi connectivity index (χ1) is 11.6. The molecule has 1 aliphatic carbocycles. The first kappa shape index (κ1) is 17.0. The van der Waals surface area contributed by atoms with Gasteiger partial charge in [0.05, 0.1) is 6.04 Å². The first-order valence-corrected chi connectivity index (χ1v) is 9.02. The summed E-state index contributed by atoms with van der Waals surface area (Å²) in [5, 5.41) is 9.32. The summed E-state index contributed by atoms with van der Waals surface area (Å²) in [5.74, 6) is 0.759. The van der Waals surface area contributed by atoms with Crippen molar-refractivity contribution in [3.05, 3.63) is 29.8 Å². The molecule has 0 spiro atoms. The third-order valence-corrected chi connectivity index (χ3v) is 5.17. The van der Waals surface area contributed by atoms with Crippen LogP contribution < -0.4 is 16.0 Å². The van der Waals surface area contributed by atoms with Crippen LogP contribution in [0.2, 0.25) is 0 Å². The molecule has 1 aliphatic heterocycles. The maximum atomic E-state index is 12.3. The summed E-state index contributed by atoms with van der Waals surface area (Å²) in [6.45, 7) is 2.14. The third kappa shape index (κ3) is 4.35. The van der Waals surface area contributed by atoms with Gasteiger partial charge in [-0.15, -0.1) is 0 Å². The van der Waals surface area contributed by atoms with E-state index in [-0.39, 0.29) is 17.9 Å². The summed E-state index contributed by atoms with van der Waals surface area (Å²) in [6, 6.07) is 8.29. The monoisotopic (exact) mass is 329 g/mol.